The number of fused-ring (bicyclic) bond motifs is 2. The summed E-state index contributed by atoms with van der Waals surface area (Å²) in [4.78, 5) is 28.9. The molecule has 0 bridgehead atoms. The SMILES string of the molecule is COc1cc(-n2cnc(Nc3nc(Cl)nc4cc(C#N)ccc34)c2)cc(OC)c1OC.COc1cc(-n2cnc(Nc3nc(N4CCC[C@@H]4CO)nc4cc(C#N)ccc34)c2)cc(OC)c1OC.OC[C@H]1CCCN1. The Balaban J connectivity index is 0.000000178. The van der Waals surface area contributed by atoms with Gasteiger partial charge < -0.3 is 68.6 Å². The van der Waals surface area contributed by atoms with Gasteiger partial charge in [-0.15, -0.1) is 0 Å². The second-order valence-electron chi connectivity index (χ2n) is 16.9. The lowest BCUT2D eigenvalue weighted by Crippen LogP contribution is -2.33. The number of aromatic nitrogens is 8. The lowest BCUT2D eigenvalue weighted by atomic mass is 10.1. The first kappa shape index (κ1) is 52.6. The van der Waals surface area contributed by atoms with Gasteiger partial charge in [0.15, 0.2) is 23.0 Å². The Morgan fingerprint density at radius 2 is 1.15 bits per heavy atom. The normalized spacial score (nSPS) is 14.7. The van der Waals surface area contributed by atoms with E-state index in [9.17, 15) is 10.4 Å². The highest BCUT2D eigenvalue weighted by atomic mass is 35.5. The number of nitriles is 2. The van der Waals surface area contributed by atoms with Crippen molar-refractivity contribution in [2.75, 3.05) is 84.5 Å². The van der Waals surface area contributed by atoms with Crippen LogP contribution in [0.15, 0.2) is 85.7 Å². The summed E-state index contributed by atoms with van der Waals surface area (Å²) < 4.78 is 36.2. The van der Waals surface area contributed by atoms with Crippen LogP contribution in [0.25, 0.3) is 33.2 Å². The lowest BCUT2D eigenvalue weighted by molar-refractivity contribution is 0.255. The Labute approximate surface area is 437 Å². The van der Waals surface area contributed by atoms with Crippen molar-refractivity contribution in [3.63, 3.8) is 0 Å². The summed E-state index contributed by atoms with van der Waals surface area (Å²) in [6.45, 7) is 2.18. The van der Waals surface area contributed by atoms with Gasteiger partial charge in [0.25, 0.3) is 0 Å². The van der Waals surface area contributed by atoms with Crippen molar-refractivity contribution in [3.05, 3.63) is 102 Å². The zero-order chi connectivity index (χ0) is 53.0. The highest BCUT2D eigenvalue weighted by Crippen LogP contribution is 2.41. The van der Waals surface area contributed by atoms with Gasteiger partial charge in [0.2, 0.25) is 22.7 Å². The second kappa shape index (κ2) is 24.4. The van der Waals surface area contributed by atoms with E-state index in [0.717, 1.165) is 49.1 Å². The maximum Gasteiger partial charge on any atom is 0.228 e. The first-order valence-corrected chi connectivity index (χ1v) is 24.0. The Hall–Kier alpha value is -8.67. The van der Waals surface area contributed by atoms with E-state index >= 15 is 0 Å². The molecule has 4 aromatic carbocycles. The molecule has 10 rings (SSSR count). The van der Waals surface area contributed by atoms with Crippen LogP contribution in [0.5, 0.6) is 34.5 Å². The highest BCUT2D eigenvalue weighted by Gasteiger charge is 2.27. The predicted molar refractivity (Wildman–Crippen MR) is 282 cm³/mol. The van der Waals surface area contributed by atoms with E-state index in [1.165, 1.54) is 6.42 Å². The largest absolute Gasteiger partial charge is 0.493 e. The molecule has 0 amide bonds. The number of hydrogen-bond donors (Lipinski definition) is 5. The summed E-state index contributed by atoms with van der Waals surface area (Å²) in [5.41, 5.74) is 3.73. The van der Waals surface area contributed by atoms with Crippen molar-refractivity contribution in [3.8, 4) is 58.0 Å². The van der Waals surface area contributed by atoms with E-state index in [2.05, 4.69) is 48.0 Å². The minimum absolute atomic E-state index is 0.0294. The van der Waals surface area contributed by atoms with E-state index in [0.29, 0.717) is 104 Å². The van der Waals surface area contributed by atoms with Crippen LogP contribution in [0.4, 0.5) is 29.2 Å². The molecular weight excluding hydrogens is 984 g/mol. The molecule has 4 aromatic heterocycles. The van der Waals surface area contributed by atoms with Gasteiger partial charge in [-0.25, -0.2) is 19.9 Å². The third-order valence-electron chi connectivity index (χ3n) is 12.4. The van der Waals surface area contributed by atoms with E-state index in [1.807, 2.05) is 46.0 Å². The number of aliphatic hydroxyl groups excluding tert-OH is 2. The predicted octanol–water partition coefficient (Wildman–Crippen LogP) is 7.26. The van der Waals surface area contributed by atoms with Crippen LogP contribution < -0.4 is 49.3 Å². The van der Waals surface area contributed by atoms with Crippen LogP contribution in [-0.4, -0.2) is 130 Å². The molecule has 22 nitrogen and oxygen atoms in total. The molecule has 8 aromatic rings. The molecular formula is C52H55ClN14O8. The van der Waals surface area contributed by atoms with Crippen LogP contribution >= 0.6 is 11.6 Å². The molecule has 0 radical (unpaired) electrons. The van der Waals surface area contributed by atoms with Crippen molar-refractivity contribution in [1.29, 1.82) is 10.5 Å². The minimum Gasteiger partial charge on any atom is -0.493 e. The lowest BCUT2D eigenvalue weighted by Gasteiger charge is -2.24. The molecule has 2 fully saturated rings. The van der Waals surface area contributed by atoms with Gasteiger partial charge in [-0.05, 0) is 80.2 Å². The molecule has 23 heteroatoms. The maximum absolute atomic E-state index is 9.82. The topological polar surface area (TPSA) is 270 Å². The number of aliphatic hydroxyl groups is 2. The summed E-state index contributed by atoms with van der Waals surface area (Å²) in [7, 11) is 9.37. The molecule has 0 aliphatic carbocycles. The molecule has 5 N–H and O–H groups in total. The summed E-state index contributed by atoms with van der Waals surface area (Å²) >= 11 is 6.07. The molecule has 0 unspecified atom stereocenters. The van der Waals surface area contributed by atoms with Gasteiger partial charge in [0.05, 0.1) is 120 Å². The quantitative estimate of drug-likeness (QED) is 0.0632. The van der Waals surface area contributed by atoms with Crippen LogP contribution in [0.2, 0.25) is 5.28 Å². The maximum atomic E-state index is 9.82. The summed E-state index contributed by atoms with van der Waals surface area (Å²) in [5, 5.41) is 48.0. The third-order valence-corrected chi connectivity index (χ3v) is 12.6. The fourth-order valence-electron chi connectivity index (χ4n) is 8.61. The van der Waals surface area contributed by atoms with Crippen molar-refractivity contribution < 1.29 is 38.6 Å². The van der Waals surface area contributed by atoms with E-state index in [4.69, 9.17) is 60.4 Å². The van der Waals surface area contributed by atoms with Crippen molar-refractivity contribution in [1.82, 2.24) is 44.4 Å². The fraction of sp³-hybridized carbons (Fsp3) is 0.308. The fourth-order valence-corrected chi connectivity index (χ4v) is 8.79. The van der Waals surface area contributed by atoms with Crippen molar-refractivity contribution in [2.24, 2.45) is 0 Å². The van der Waals surface area contributed by atoms with E-state index < -0.39 is 0 Å². The molecule has 0 spiro atoms. The molecule has 2 aliphatic rings. The zero-order valence-corrected chi connectivity index (χ0v) is 42.8. The molecule has 2 saturated heterocycles. The third kappa shape index (κ3) is 11.9. The number of anilines is 5. The summed E-state index contributed by atoms with van der Waals surface area (Å²) in [6, 6.07) is 22.3. The Morgan fingerprint density at radius 3 is 1.57 bits per heavy atom. The van der Waals surface area contributed by atoms with Crippen molar-refractivity contribution >= 4 is 62.6 Å². The Kier molecular flexibility index (Phi) is 17.1. The van der Waals surface area contributed by atoms with Gasteiger partial charge in [-0.2, -0.15) is 20.5 Å². The summed E-state index contributed by atoms with van der Waals surface area (Å²) in [6.07, 6.45) is 11.1. The molecule has 2 aliphatic heterocycles. The minimum atomic E-state index is -0.0382. The number of benzene rings is 4. The standard InChI is InChI=1S/C26H27N7O4.C21H17ClN6O3.C5H11NO/c1-35-21-10-18(11-22(36-2)24(21)37-3)32-13-23(28-15-32)30-25-19-7-6-16(12-27)9-20(19)29-26(31-25)33-8-4-5-17(33)14-34;1-29-16-7-13(8-17(30-2)19(16)31-3)28-10-18(24-11-28)26-20-14-5-4-12(9-23)6-15(14)25-21(22)27-20;7-4-5-2-1-3-6-5/h6-7,9-11,13,15,17,34H,4-5,8,14H2,1-3H3,(H,29,30,31);4-8,10-11H,1-3H3,(H,25,26,27);5-7H,1-4H2/t17-;;5-/m1.1/s1. The van der Waals surface area contributed by atoms with Crippen LogP contribution in [0.1, 0.15) is 36.8 Å². The number of halogens is 1. The number of nitrogens with one attached hydrogen (secondary N) is 3. The number of ether oxygens (including phenoxy) is 6. The molecule has 6 heterocycles. The van der Waals surface area contributed by atoms with Gasteiger partial charge in [-0.3, -0.25) is 0 Å². The van der Waals surface area contributed by atoms with Crippen molar-refractivity contribution in [2.45, 2.75) is 37.8 Å². The molecule has 388 valence electrons. The Bertz CT molecular complexity index is 3320. The van der Waals surface area contributed by atoms with Gasteiger partial charge in [0, 0.05) is 47.6 Å². The van der Waals surface area contributed by atoms with Crippen LogP contribution in [0.3, 0.4) is 0 Å². The van der Waals surface area contributed by atoms with Crippen LogP contribution in [-0.2, 0) is 0 Å². The zero-order valence-electron chi connectivity index (χ0n) is 42.0. The number of hydrogen-bond acceptors (Lipinski definition) is 20. The first-order chi connectivity index (χ1) is 36.6. The first-order valence-electron chi connectivity index (χ1n) is 23.6. The monoisotopic (exact) mass is 1040 g/mol. The summed E-state index contributed by atoms with van der Waals surface area (Å²) in [5.74, 6) is 5.77. The number of methoxy groups -OCH3 is 6. The molecule has 0 saturated carbocycles. The van der Waals surface area contributed by atoms with Gasteiger partial charge in [-0.1, -0.05) is 0 Å². The molecule has 2 atom stereocenters. The number of imidazole rings is 2. The smallest absolute Gasteiger partial charge is 0.228 e. The highest BCUT2D eigenvalue weighted by molar-refractivity contribution is 6.28. The van der Waals surface area contributed by atoms with E-state index in [-0.39, 0.29) is 17.9 Å². The second-order valence-corrected chi connectivity index (χ2v) is 17.2. The average Bonchev–Trinajstić information content (AvgIpc) is 4.31. The van der Waals surface area contributed by atoms with Gasteiger partial charge >= 0.3 is 0 Å². The number of rotatable bonds is 15. The Morgan fingerprint density at radius 1 is 0.640 bits per heavy atom. The average molecular weight is 1040 g/mol. The molecule has 75 heavy (non-hydrogen) atoms. The number of nitrogens with zero attached hydrogens (tertiary/aromatic N) is 11. The van der Waals surface area contributed by atoms with E-state index in [1.54, 1.807) is 96.4 Å². The van der Waals surface area contributed by atoms with Gasteiger partial charge in [0.1, 0.15) is 35.9 Å². The van der Waals surface area contributed by atoms with Crippen LogP contribution in [0, 0.1) is 22.7 Å².